The lowest BCUT2D eigenvalue weighted by atomic mass is 10.1. The standard InChI is InChI=1S/C18H17F2N3O/c1-2-9-23-16-6-4-3-5-15(16)21-18(23)22-17(24)11-12-10-13(19)7-8-14(12)20/h3-8,10H,2,9,11H2,1H3,(H,21,22,24). The minimum atomic E-state index is -0.603. The molecule has 0 saturated heterocycles. The van der Waals surface area contributed by atoms with Crippen LogP contribution in [0.4, 0.5) is 14.7 Å². The summed E-state index contributed by atoms with van der Waals surface area (Å²) in [4.78, 5) is 16.6. The molecule has 1 N–H and O–H groups in total. The predicted molar refractivity (Wildman–Crippen MR) is 88.7 cm³/mol. The number of aryl methyl sites for hydroxylation is 1. The quantitative estimate of drug-likeness (QED) is 0.771. The lowest BCUT2D eigenvalue weighted by Crippen LogP contribution is -2.18. The van der Waals surface area contributed by atoms with Crippen LogP contribution < -0.4 is 5.32 Å². The van der Waals surface area contributed by atoms with Crippen molar-refractivity contribution in [3.63, 3.8) is 0 Å². The molecule has 0 fully saturated rings. The zero-order valence-electron chi connectivity index (χ0n) is 13.2. The van der Waals surface area contributed by atoms with Crippen molar-refractivity contribution in [3.05, 3.63) is 59.7 Å². The van der Waals surface area contributed by atoms with E-state index in [-0.39, 0.29) is 12.0 Å². The molecule has 0 aliphatic heterocycles. The van der Waals surface area contributed by atoms with Crippen molar-refractivity contribution in [2.45, 2.75) is 26.3 Å². The minimum absolute atomic E-state index is 0.0191. The number of nitrogens with one attached hydrogen (secondary N) is 1. The Labute approximate surface area is 138 Å². The number of rotatable bonds is 5. The normalized spacial score (nSPS) is 11.0. The van der Waals surface area contributed by atoms with Crippen LogP contribution in [0.2, 0.25) is 0 Å². The van der Waals surface area contributed by atoms with Crippen molar-refractivity contribution in [1.29, 1.82) is 0 Å². The van der Waals surface area contributed by atoms with Crippen LogP contribution in [0, 0.1) is 11.6 Å². The summed E-state index contributed by atoms with van der Waals surface area (Å²) in [5.41, 5.74) is 1.72. The number of fused-ring (bicyclic) bond motifs is 1. The SMILES string of the molecule is CCCn1c(NC(=O)Cc2cc(F)ccc2F)nc2ccccc21. The molecule has 0 aliphatic rings. The van der Waals surface area contributed by atoms with E-state index in [1.165, 1.54) is 0 Å². The predicted octanol–water partition coefficient (Wildman–Crippen LogP) is 3.91. The van der Waals surface area contributed by atoms with Gasteiger partial charge in [-0.1, -0.05) is 19.1 Å². The fraction of sp³-hybridized carbons (Fsp3) is 0.222. The lowest BCUT2D eigenvalue weighted by Gasteiger charge is -2.09. The number of anilines is 1. The molecule has 1 aromatic heterocycles. The largest absolute Gasteiger partial charge is 0.310 e. The third-order valence-corrected chi connectivity index (χ3v) is 3.71. The van der Waals surface area contributed by atoms with Crippen LogP contribution in [0.15, 0.2) is 42.5 Å². The molecule has 0 unspecified atom stereocenters. The van der Waals surface area contributed by atoms with Gasteiger partial charge in [0.25, 0.3) is 0 Å². The fourth-order valence-electron chi connectivity index (χ4n) is 2.64. The van der Waals surface area contributed by atoms with Gasteiger partial charge in [0.15, 0.2) is 0 Å². The molecule has 1 amide bonds. The molecule has 2 aromatic carbocycles. The highest BCUT2D eigenvalue weighted by Crippen LogP contribution is 2.20. The molecule has 0 bridgehead atoms. The number of carbonyl (C=O) groups is 1. The first-order valence-electron chi connectivity index (χ1n) is 7.77. The van der Waals surface area contributed by atoms with Gasteiger partial charge in [0, 0.05) is 12.1 Å². The van der Waals surface area contributed by atoms with Gasteiger partial charge in [-0.2, -0.15) is 0 Å². The summed E-state index contributed by atoms with van der Waals surface area (Å²) in [6, 6.07) is 10.7. The van der Waals surface area contributed by atoms with Gasteiger partial charge in [-0.25, -0.2) is 13.8 Å². The van der Waals surface area contributed by atoms with E-state index in [0.29, 0.717) is 12.5 Å². The van der Waals surface area contributed by atoms with Crippen molar-refractivity contribution < 1.29 is 13.6 Å². The molecule has 4 nitrogen and oxygen atoms in total. The van der Waals surface area contributed by atoms with E-state index in [1.807, 2.05) is 35.8 Å². The topological polar surface area (TPSA) is 46.9 Å². The van der Waals surface area contributed by atoms with E-state index < -0.39 is 17.5 Å². The van der Waals surface area contributed by atoms with Crippen molar-refractivity contribution in [1.82, 2.24) is 9.55 Å². The summed E-state index contributed by atoms with van der Waals surface area (Å²) in [5.74, 6) is -1.20. The Kier molecular flexibility index (Phi) is 4.55. The molecular formula is C18H17F2N3O. The van der Waals surface area contributed by atoms with Crippen LogP contribution in [0.5, 0.6) is 0 Å². The van der Waals surface area contributed by atoms with E-state index >= 15 is 0 Å². The minimum Gasteiger partial charge on any atom is -0.310 e. The van der Waals surface area contributed by atoms with Gasteiger partial charge >= 0.3 is 0 Å². The van der Waals surface area contributed by atoms with Crippen molar-refractivity contribution in [3.8, 4) is 0 Å². The Hall–Kier alpha value is -2.76. The van der Waals surface area contributed by atoms with Gasteiger partial charge in [-0.05, 0) is 36.8 Å². The third kappa shape index (κ3) is 3.27. The van der Waals surface area contributed by atoms with Crippen LogP contribution in [0.3, 0.4) is 0 Å². The van der Waals surface area contributed by atoms with E-state index in [4.69, 9.17) is 0 Å². The van der Waals surface area contributed by atoms with Crippen LogP contribution in [0.1, 0.15) is 18.9 Å². The highest BCUT2D eigenvalue weighted by Gasteiger charge is 2.14. The average molecular weight is 329 g/mol. The molecule has 6 heteroatoms. The number of imidazole rings is 1. The summed E-state index contributed by atoms with van der Waals surface area (Å²) in [5, 5.41) is 2.70. The highest BCUT2D eigenvalue weighted by molar-refractivity contribution is 5.92. The van der Waals surface area contributed by atoms with Gasteiger partial charge in [0.1, 0.15) is 11.6 Å². The monoisotopic (exact) mass is 329 g/mol. The molecule has 3 rings (SSSR count). The second-order valence-corrected chi connectivity index (χ2v) is 5.54. The molecule has 24 heavy (non-hydrogen) atoms. The van der Waals surface area contributed by atoms with Gasteiger partial charge in [-0.3, -0.25) is 10.1 Å². The molecule has 0 spiro atoms. The Balaban J connectivity index is 1.85. The van der Waals surface area contributed by atoms with Gasteiger partial charge in [-0.15, -0.1) is 0 Å². The fourth-order valence-corrected chi connectivity index (χ4v) is 2.64. The average Bonchev–Trinajstić information content (AvgIpc) is 2.89. The maximum atomic E-state index is 13.7. The summed E-state index contributed by atoms with van der Waals surface area (Å²) in [6.45, 7) is 2.73. The molecule has 3 aromatic rings. The third-order valence-electron chi connectivity index (χ3n) is 3.71. The zero-order chi connectivity index (χ0) is 17.1. The first-order valence-corrected chi connectivity index (χ1v) is 7.77. The summed E-state index contributed by atoms with van der Waals surface area (Å²) in [6.07, 6.45) is 0.626. The Morgan fingerprint density at radius 3 is 2.79 bits per heavy atom. The van der Waals surface area contributed by atoms with Gasteiger partial charge in [0.2, 0.25) is 11.9 Å². The summed E-state index contributed by atoms with van der Waals surface area (Å²) in [7, 11) is 0. The summed E-state index contributed by atoms with van der Waals surface area (Å²) < 4.78 is 28.8. The maximum Gasteiger partial charge on any atom is 0.231 e. The lowest BCUT2D eigenvalue weighted by molar-refractivity contribution is -0.115. The second kappa shape index (κ2) is 6.78. The van der Waals surface area contributed by atoms with Crippen LogP contribution in [-0.2, 0) is 17.8 Å². The molecule has 0 saturated carbocycles. The number of amides is 1. The van der Waals surface area contributed by atoms with Crippen LogP contribution in [-0.4, -0.2) is 15.5 Å². The molecule has 0 radical (unpaired) electrons. The maximum absolute atomic E-state index is 13.7. The second-order valence-electron chi connectivity index (χ2n) is 5.54. The van der Waals surface area contributed by atoms with E-state index in [2.05, 4.69) is 10.3 Å². The van der Waals surface area contributed by atoms with E-state index in [1.54, 1.807) is 0 Å². The Morgan fingerprint density at radius 2 is 2.00 bits per heavy atom. The molecular weight excluding hydrogens is 312 g/mol. The highest BCUT2D eigenvalue weighted by atomic mass is 19.1. The zero-order valence-corrected chi connectivity index (χ0v) is 13.2. The Morgan fingerprint density at radius 1 is 1.21 bits per heavy atom. The molecule has 124 valence electrons. The number of hydrogen-bond acceptors (Lipinski definition) is 2. The summed E-state index contributed by atoms with van der Waals surface area (Å²) >= 11 is 0. The van der Waals surface area contributed by atoms with E-state index in [9.17, 15) is 13.6 Å². The van der Waals surface area contributed by atoms with Crippen molar-refractivity contribution >= 4 is 22.9 Å². The van der Waals surface area contributed by atoms with E-state index in [0.717, 1.165) is 35.7 Å². The number of carbonyl (C=O) groups excluding carboxylic acids is 1. The first kappa shape index (κ1) is 16.1. The number of hydrogen-bond donors (Lipinski definition) is 1. The molecule has 0 atom stereocenters. The number of benzene rings is 2. The number of aromatic nitrogens is 2. The smallest absolute Gasteiger partial charge is 0.231 e. The first-order chi connectivity index (χ1) is 11.6. The van der Waals surface area contributed by atoms with Crippen LogP contribution in [0.25, 0.3) is 11.0 Å². The van der Waals surface area contributed by atoms with Crippen LogP contribution >= 0.6 is 0 Å². The van der Waals surface area contributed by atoms with Crippen molar-refractivity contribution in [2.75, 3.05) is 5.32 Å². The van der Waals surface area contributed by atoms with Crippen molar-refractivity contribution in [2.24, 2.45) is 0 Å². The number of para-hydroxylation sites is 2. The number of halogens is 2. The number of nitrogens with zero attached hydrogens (tertiary/aromatic N) is 2. The Bertz CT molecular complexity index is 889. The van der Waals surface area contributed by atoms with Gasteiger partial charge in [0.05, 0.1) is 17.5 Å². The van der Waals surface area contributed by atoms with Gasteiger partial charge < -0.3 is 4.57 Å². The molecule has 1 heterocycles. The molecule has 0 aliphatic carbocycles.